The first kappa shape index (κ1) is 25.4. The molecule has 0 spiro atoms. The third-order valence-electron chi connectivity index (χ3n) is 4.96. The molecule has 1 heterocycles. The molecule has 3 N–H and O–H groups in total. The molecule has 3 amide bonds. The maximum absolute atomic E-state index is 13.1. The SMILES string of the molecule is CCOc1ccc(NC(=O)C(=O)Nn2c(C(=O)Nc3cc(Cl)cc(Cl)c3)cc3cc(Cl)ccc32)cc1. The van der Waals surface area contributed by atoms with Crippen LogP contribution in [0.1, 0.15) is 17.4 Å². The lowest BCUT2D eigenvalue weighted by molar-refractivity contribution is -0.133. The number of carbonyl (C=O) groups is 3. The zero-order valence-electron chi connectivity index (χ0n) is 18.8. The van der Waals surface area contributed by atoms with Gasteiger partial charge >= 0.3 is 11.8 Å². The van der Waals surface area contributed by atoms with Crippen molar-refractivity contribution in [1.29, 1.82) is 0 Å². The minimum Gasteiger partial charge on any atom is -0.494 e. The van der Waals surface area contributed by atoms with Gasteiger partial charge in [-0.05, 0) is 73.7 Å². The Morgan fingerprint density at radius 3 is 2.14 bits per heavy atom. The molecule has 0 fully saturated rings. The standard InChI is InChI=1S/C25H19Cl3N4O4/c1-2-36-20-6-4-18(5-7-20)29-24(34)25(35)31-32-21-8-3-15(26)9-14(21)10-22(32)23(33)30-19-12-16(27)11-17(28)13-19/h3-13H,2H2,1H3,(H,29,34)(H,30,33)(H,31,35). The van der Waals surface area contributed by atoms with E-state index in [0.29, 0.717) is 49.7 Å². The van der Waals surface area contributed by atoms with Gasteiger partial charge in [-0.2, -0.15) is 0 Å². The number of carbonyl (C=O) groups excluding carboxylic acids is 3. The van der Waals surface area contributed by atoms with E-state index in [-0.39, 0.29) is 5.69 Å². The van der Waals surface area contributed by atoms with E-state index in [1.54, 1.807) is 42.5 Å². The van der Waals surface area contributed by atoms with E-state index >= 15 is 0 Å². The molecular formula is C25H19Cl3N4O4. The molecule has 1 aromatic heterocycles. The molecule has 0 aliphatic carbocycles. The molecule has 4 rings (SSSR count). The van der Waals surface area contributed by atoms with Crippen LogP contribution in [0.3, 0.4) is 0 Å². The van der Waals surface area contributed by atoms with Crippen LogP contribution < -0.4 is 20.8 Å². The maximum Gasteiger partial charge on any atom is 0.328 e. The predicted molar refractivity (Wildman–Crippen MR) is 142 cm³/mol. The molecule has 0 saturated heterocycles. The van der Waals surface area contributed by atoms with Crippen molar-refractivity contribution in [2.75, 3.05) is 22.7 Å². The first-order valence-electron chi connectivity index (χ1n) is 10.7. The number of aromatic nitrogens is 1. The fraction of sp³-hybridized carbons (Fsp3) is 0.0800. The monoisotopic (exact) mass is 544 g/mol. The van der Waals surface area contributed by atoms with Gasteiger partial charge in [0.1, 0.15) is 11.4 Å². The van der Waals surface area contributed by atoms with Crippen LogP contribution >= 0.6 is 34.8 Å². The zero-order chi connectivity index (χ0) is 25.8. The summed E-state index contributed by atoms with van der Waals surface area (Å²) in [5, 5.41) is 6.88. The lowest BCUT2D eigenvalue weighted by Crippen LogP contribution is -2.36. The van der Waals surface area contributed by atoms with Gasteiger partial charge in [0.2, 0.25) is 0 Å². The second-order valence-corrected chi connectivity index (χ2v) is 8.84. The van der Waals surface area contributed by atoms with Crippen molar-refractivity contribution in [3.8, 4) is 5.75 Å². The van der Waals surface area contributed by atoms with Crippen molar-refractivity contribution in [3.05, 3.63) is 87.5 Å². The molecule has 0 unspecified atom stereocenters. The molecule has 0 saturated carbocycles. The Hall–Kier alpha value is -3.72. The van der Waals surface area contributed by atoms with Crippen molar-refractivity contribution in [2.24, 2.45) is 0 Å². The summed E-state index contributed by atoms with van der Waals surface area (Å²) in [6, 6.07) is 17.5. The van der Waals surface area contributed by atoms with Crippen LogP contribution in [0.15, 0.2) is 66.7 Å². The average Bonchev–Trinajstić information content (AvgIpc) is 3.17. The number of nitrogens with zero attached hydrogens (tertiary/aromatic N) is 1. The molecular weight excluding hydrogens is 527 g/mol. The van der Waals surface area contributed by atoms with E-state index in [2.05, 4.69) is 16.1 Å². The van der Waals surface area contributed by atoms with Crippen LogP contribution in [-0.4, -0.2) is 29.0 Å². The molecule has 0 bridgehead atoms. The number of halogens is 3. The highest BCUT2D eigenvalue weighted by Crippen LogP contribution is 2.26. The second kappa shape index (κ2) is 10.9. The topological polar surface area (TPSA) is 101 Å². The summed E-state index contributed by atoms with van der Waals surface area (Å²) in [6.07, 6.45) is 0. The minimum absolute atomic E-state index is 0.0468. The number of ether oxygens (including phenoxy) is 1. The van der Waals surface area contributed by atoms with Gasteiger partial charge in [-0.3, -0.25) is 19.8 Å². The quantitative estimate of drug-likeness (QED) is 0.260. The number of hydrogen-bond donors (Lipinski definition) is 3. The number of amides is 3. The van der Waals surface area contributed by atoms with Gasteiger partial charge in [-0.15, -0.1) is 0 Å². The average molecular weight is 546 g/mol. The summed E-state index contributed by atoms with van der Waals surface area (Å²) >= 11 is 18.1. The van der Waals surface area contributed by atoms with Gasteiger partial charge in [0.25, 0.3) is 5.91 Å². The zero-order valence-corrected chi connectivity index (χ0v) is 21.0. The van der Waals surface area contributed by atoms with E-state index < -0.39 is 17.7 Å². The molecule has 36 heavy (non-hydrogen) atoms. The maximum atomic E-state index is 13.1. The summed E-state index contributed by atoms with van der Waals surface area (Å²) in [6.45, 7) is 2.36. The Morgan fingerprint density at radius 2 is 1.47 bits per heavy atom. The third kappa shape index (κ3) is 5.91. The van der Waals surface area contributed by atoms with Crippen molar-refractivity contribution < 1.29 is 19.1 Å². The number of benzene rings is 3. The number of rotatable bonds is 6. The summed E-state index contributed by atoms with van der Waals surface area (Å²) in [5.74, 6) is -1.86. The van der Waals surface area contributed by atoms with Gasteiger partial charge in [-0.25, -0.2) is 4.68 Å². The van der Waals surface area contributed by atoms with Crippen LogP contribution in [0.5, 0.6) is 5.75 Å². The summed E-state index contributed by atoms with van der Waals surface area (Å²) in [4.78, 5) is 38.4. The highest BCUT2D eigenvalue weighted by molar-refractivity contribution is 6.42. The fourth-order valence-corrected chi connectivity index (χ4v) is 4.14. The normalized spacial score (nSPS) is 10.7. The number of nitrogens with one attached hydrogen (secondary N) is 3. The fourth-order valence-electron chi connectivity index (χ4n) is 3.44. The van der Waals surface area contributed by atoms with Crippen LogP contribution in [0.4, 0.5) is 11.4 Å². The van der Waals surface area contributed by atoms with Crippen LogP contribution in [-0.2, 0) is 9.59 Å². The lowest BCUT2D eigenvalue weighted by atomic mass is 10.2. The predicted octanol–water partition coefficient (Wildman–Crippen LogP) is 5.96. The Balaban J connectivity index is 1.58. The van der Waals surface area contributed by atoms with E-state index in [0.717, 1.165) is 0 Å². The highest BCUT2D eigenvalue weighted by atomic mass is 35.5. The molecule has 4 aromatic rings. The van der Waals surface area contributed by atoms with Crippen LogP contribution in [0, 0.1) is 0 Å². The molecule has 0 radical (unpaired) electrons. The first-order chi connectivity index (χ1) is 17.2. The van der Waals surface area contributed by atoms with E-state index in [9.17, 15) is 14.4 Å². The van der Waals surface area contributed by atoms with Gasteiger partial charge in [0, 0.05) is 31.8 Å². The van der Waals surface area contributed by atoms with E-state index in [1.807, 2.05) is 6.92 Å². The molecule has 3 aromatic carbocycles. The molecule has 0 aliphatic rings. The molecule has 8 nitrogen and oxygen atoms in total. The number of hydrogen-bond acceptors (Lipinski definition) is 4. The largest absolute Gasteiger partial charge is 0.494 e. The van der Waals surface area contributed by atoms with Crippen molar-refractivity contribution in [1.82, 2.24) is 4.68 Å². The van der Waals surface area contributed by atoms with Gasteiger partial charge in [-0.1, -0.05) is 34.8 Å². The minimum atomic E-state index is -0.990. The second-order valence-electron chi connectivity index (χ2n) is 7.53. The Bertz CT molecular complexity index is 1450. The molecule has 0 atom stereocenters. The Kier molecular flexibility index (Phi) is 7.69. The highest BCUT2D eigenvalue weighted by Gasteiger charge is 2.21. The van der Waals surface area contributed by atoms with Crippen LogP contribution in [0.25, 0.3) is 10.9 Å². The van der Waals surface area contributed by atoms with Gasteiger partial charge in [0.05, 0.1) is 12.1 Å². The van der Waals surface area contributed by atoms with Crippen LogP contribution in [0.2, 0.25) is 15.1 Å². The molecule has 184 valence electrons. The van der Waals surface area contributed by atoms with E-state index in [1.165, 1.54) is 28.9 Å². The lowest BCUT2D eigenvalue weighted by Gasteiger charge is -2.13. The Morgan fingerprint density at radius 1 is 0.778 bits per heavy atom. The van der Waals surface area contributed by atoms with E-state index in [4.69, 9.17) is 39.5 Å². The first-order valence-corrected chi connectivity index (χ1v) is 11.8. The Labute approximate surface area is 221 Å². The van der Waals surface area contributed by atoms with Gasteiger partial charge < -0.3 is 15.4 Å². The molecule has 0 aliphatic heterocycles. The summed E-state index contributed by atoms with van der Waals surface area (Å²) in [7, 11) is 0. The van der Waals surface area contributed by atoms with Crippen molar-refractivity contribution >= 4 is 74.8 Å². The summed E-state index contributed by atoms with van der Waals surface area (Å²) in [5.41, 5.74) is 3.74. The number of anilines is 2. The summed E-state index contributed by atoms with van der Waals surface area (Å²) < 4.78 is 6.58. The smallest absolute Gasteiger partial charge is 0.328 e. The number of fused-ring (bicyclic) bond motifs is 1. The van der Waals surface area contributed by atoms with Gasteiger partial charge in [0.15, 0.2) is 0 Å². The molecule has 11 heteroatoms. The van der Waals surface area contributed by atoms with Crippen molar-refractivity contribution in [3.63, 3.8) is 0 Å². The third-order valence-corrected chi connectivity index (χ3v) is 5.63. The van der Waals surface area contributed by atoms with Crippen molar-refractivity contribution in [2.45, 2.75) is 6.92 Å².